The number of sulfonamides is 1. The number of urea groups is 1. The number of hydrogen-bond acceptors (Lipinski definition) is 7. The highest BCUT2D eigenvalue weighted by Crippen LogP contribution is 2.22. The Kier molecular flexibility index (Phi) is 5.75. The fraction of sp³-hybridized carbons (Fsp3) is 0.294. The number of nitrogens with zero attached hydrogens (tertiary/aromatic N) is 3. The molecule has 29 heavy (non-hydrogen) atoms. The highest BCUT2D eigenvalue weighted by Gasteiger charge is 2.29. The lowest BCUT2D eigenvalue weighted by Crippen LogP contribution is -2.30. The van der Waals surface area contributed by atoms with Crippen LogP contribution in [0, 0.1) is 5.82 Å². The summed E-state index contributed by atoms with van der Waals surface area (Å²) in [6.07, 6.45) is 2.88. The van der Waals surface area contributed by atoms with E-state index in [2.05, 4.69) is 20.0 Å². The first-order valence-corrected chi connectivity index (χ1v) is 10.2. The molecule has 1 fully saturated rings. The van der Waals surface area contributed by atoms with Crippen molar-refractivity contribution in [3.63, 3.8) is 0 Å². The van der Waals surface area contributed by atoms with E-state index in [1.165, 1.54) is 18.5 Å². The molecule has 3 amide bonds. The Morgan fingerprint density at radius 1 is 1.31 bits per heavy atom. The number of carbonyl (C=O) groups excluding carboxylic acids is 2. The van der Waals surface area contributed by atoms with Gasteiger partial charge in [-0.1, -0.05) is 6.07 Å². The Morgan fingerprint density at radius 2 is 2.00 bits per heavy atom. The number of phenols is 1. The van der Waals surface area contributed by atoms with E-state index in [1.54, 1.807) is 6.92 Å². The number of anilines is 1. The number of halogens is 1. The number of aromatic hydroxyl groups is 1. The van der Waals surface area contributed by atoms with Gasteiger partial charge in [-0.3, -0.25) is 15.0 Å². The molecular formula is C17H18FN5O5S. The number of nitrogens with one attached hydrogen (secondary N) is 2. The summed E-state index contributed by atoms with van der Waals surface area (Å²) in [5.74, 6) is -2.01. The summed E-state index contributed by atoms with van der Waals surface area (Å²) in [5.41, 5.74) is 0.940. The number of aryl methyl sites for hydroxylation is 1. The third-order valence-corrected chi connectivity index (χ3v) is 5.67. The summed E-state index contributed by atoms with van der Waals surface area (Å²) in [4.78, 5) is 31.8. The molecule has 0 aliphatic carbocycles. The number of aromatic nitrogens is 2. The molecule has 1 saturated heterocycles. The summed E-state index contributed by atoms with van der Waals surface area (Å²) in [7, 11) is -3.69. The first kappa shape index (κ1) is 20.6. The molecule has 0 spiro atoms. The zero-order chi connectivity index (χ0) is 21.2. The minimum atomic E-state index is -3.69. The van der Waals surface area contributed by atoms with Gasteiger partial charge in [0.05, 0.1) is 5.75 Å². The van der Waals surface area contributed by atoms with Gasteiger partial charge in [-0.2, -0.15) is 0 Å². The Hall–Kier alpha value is -3.12. The second-order valence-corrected chi connectivity index (χ2v) is 8.32. The van der Waals surface area contributed by atoms with Gasteiger partial charge in [-0.15, -0.1) is 0 Å². The van der Waals surface area contributed by atoms with Crippen molar-refractivity contribution in [1.29, 1.82) is 0 Å². The highest BCUT2D eigenvalue weighted by atomic mass is 32.2. The molecule has 0 radical (unpaired) electrons. The van der Waals surface area contributed by atoms with E-state index < -0.39 is 39.6 Å². The maximum atomic E-state index is 13.1. The molecule has 2 aromatic rings. The van der Waals surface area contributed by atoms with E-state index >= 15 is 0 Å². The predicted molar refractivity (Wildman–Crippen MR) is 100 cm³/mol. The Balaban J connectivity index is 1.59. The lowest BCUT2D eigenvalue weighted by Gasteiger charge is -2.15. The van der Waals surface area contributed by atoms with Gasteiger partial charge in [-0.25, -0.2) is 32.3 Å². The monoisotopic (exact) mass is 423 g/mol. The number of carbonyl (C=O) groups is 2. The van der Waals surface area contributed by atoms with Crippen molar-refractivity contribution in [3.8, 4) is 5.75 Å². The van der Waals surface area contributed by atoms with Gasteiger partial charge in [-0.05, 0) is 36.6 Å². The summed E-state index contributed by atoms with van der Waals surface area (Å²) in [6.45, 7) is 1.40. The van der Waals surface area contributed by atoms with Gasteiger partial charge in [0.1, 0.15) is 6.54 Å². The van der Waals surface area contributed by atoms with E-state index in [4.69, 9.17) is 0 Å². The van der Waals surface area contributed by atoms with Gasteiger partial charge in [0, 0.05) is 18.4 Å². The number of rotatable bonds is 7. The van der Waals surface area contributed by atoms with Crippen molar-refractivity contribution >= 4 is 27.9 Å². The number of hydrogen-bond donors (Lipinski definition) is 3. The van der Waals surface area contributed by atoms with E-state index in [9.17, 15) is 27.5 Å². The normalized spacial score (nSPS) is 15.4. The molecule has 12 heteroatoms. The van der Waals surface area contributed by atoms with Crippen LogP contribution in [0.3, 0.4) is 0 Å². The molecule has 1 atom stereocenters. The van der Waals surface area contributed by atoms with Crippen LogP contribution in [-0.4, -0.2) is 47.7 Å². The molecule has 0 bridgehead atoms. The zero-order valence-electron chi connectivity index (χ0n) is 15.3. The van der Waals surface area contributed by atoms with Crippen molar-refractivity contribution in [2.24, 2.45) is 0 Å². The highest BCUT2D eigenvalue weighted by molar-refractivity contribution is 7.89. The predicted octanol–water partition coefficient (Wildman–Crippen LogP) is 0.601. The zero-order valence-corrected chi connectivity index (χ0v) is 16.1. The minimum Gasteiger partial charge on any atom is -0.505 e. The van der Waals surface area contributed by atoms with Crippen molar-refractivity contribution in [2.75, 3.05) is 17.2 Å². The van der Waals surface area contributed by atoms with E-state index in [-0.39, 0.29) is 24.7 Å². The summed E-state index contributed by atoms with van der Waals surface area (Å²) in [5, 5.41) is 11.5. The number of amides is 3. The maximum Gasteiger partial charge on any atom is 0.331 e. The fourth-order valence-electron chi connectivity index (χ4n) is 2.67. The Bertz CT molecular complexity index is 1040. The van der Waals surface area contributed by atoms with Gasteiger partial charge < -0.3 is 5.11 Å². The van der Waals surface area contributed by atoms with E-state index in [1.807, 2.05) is 0 Å². The molecule has 1 aromatic carbocycles. The average Bonchev–Trinajstić information content (AvgIpc) is 3.00. The summed E-state index contributed by atoms with van der Waals surface area (Å²) < 4.78 is 40.2. The van der Waals surface area contributed by atoms with Crippen LogP contribution in [0.15, 0.2) is 30.6 Å². The van der Waals surface area contributed by atoms with Crippen LogP contribution in [0.1, 0.15) is 24.1 Å². The van der Waals surface area contributed by atoms with Crippen LogP contribution >= 0.6 is 0 Å². The molecule has 1 aromatic heterocycles. The first-order chi connectivity index (χ1) is 13.6. The van der Waals surface area contributed by atoms with E-state index in [0.717, 1.165) is 17.0 Å². The molecule has 2 heterocycles. The topological polar surface area (TPSA) is 142 Å². The molecule has 154 valence electrons. The van der Waals surface area contributed by atoms with Crippen LogP contribution in [0.5, 0.6) is 5.75 Å². The van der Waals surface area contributed by atoms with Crippen molar-refractivity contribution < 1.29 is 27.5 Å². The first-order valence-electron chi connectivity index (χ1n) is 8.55. The number of benzene rings is 1. The second-order valence-electron chi connectivity index (χ2n) is 6.45. The van der Waals surface area contributed by atoms with Crippen molar-refractivity contribution in [3.05, 3.63) is 47.5 Å². The van der Waals surface area contributed by atoms with Crippen LogP contribution in [-0.2, 0) is 21.2 Å². The Morgan fingerprint density at radius 3 is 2.59 bits per heavy atom. The second kappa shape index (κ2) is 8.09. The molecule has 10 nitrogen and oxygen atoms in total. The standard InChI is InChI=1S/C17H18FN5O5S/c1-10(12-2-3-13(18)14(24)6-12)22-29(27,28)5-4-11-7-19-16(20-8-11)23-9-15(25)21-17(23)26/h2-3,6-8,10,22,24H,4-5,9H2,1H3,(H,21,25,26)/t10-/m1/s1. The largest absolute Gasteiger partial charge is 0.505 e. The van der Waals surface area contributed by atoms with Crippen LogP contribution < -0.4 is 14.9 Å². The number of imide groups is 1. The molecule has 0 unspecified atom stereocenters. The third kappa shape index (κ3) is 5.03. The average molecular weight is 423 g/mol. The molecule has 3 rings (SSSR count). The third-order valence-electron chi connectivity index (χ3n) is 4.21. The summed E-state index contributed by atoms with van der Waals surface area (Å²) >= 11 is 0. The van der Waals surface area contributed by atoms with Gasteiger partial charge in [0.2, 0.25) is 21.9 Å². The Labute approximate surface area is 165 Å². The molecule has 0 saturated carbocycles. The van der Waals surface area contributed by atoms with Crippen molar-refractivity contribution in [2.45, 2.75) is 19.4 Å². The van der Waals surface area contributed by atoms with E-state index in [0.29, 0.717) is 11.1 Å². The molecule has 1 aliphatic heterocycles. The molecule has 3 N–H and O–H groups in total. The van der Waals surface area contributed by atoms with Crippen LogP contribution in [0.4, 0.5) is 15.1 Å². The quantitative estimate of drug-likeness (QED) is 0.554. The lowest BCUT2D eigenvalue weighted by molar-refractivity contribution is -0.117. The smallest absolute Gasteiger partial charge is 0.331 e. The number of phenolic OH excluding ortho intramolecular Hbond substituents is 1. The van der Waals surface area contributed by atoms with Crippen LogP contribution in [0.25, 0.3) is 0 Å². The van der Waals surface area contributed by atoms with Crippen LogP contribution in [0.2, 0.25) is 0 Å². The van der Waals surface area contributed by atoms with Gasteiger partial charge in [0.25, 0.3) is 0 Å². The minimum absolute atomic E-state index is 0.0443. The fourth-order valence-corrected chi connectivity index (χ4v) is 3.96. The lowest BCUT2D eigenvalue weighted by atomic mass is 10.1. The maximum absolute atomic E-state index is 13.1. The van der Waals surface area contributed by atoms with Gasteiger partial charge in [0.15, 0.2) is 11.6 Å². The molecular weight excluding hydrogens is 405 g/mol. The SMILES string of the molecule is C[C@@H](NS(=O)(=O)CCc1cnc(N2CC(=O)NC2=O)nc1)c1ccc(F)c(O)c1. The molecule has 1 aliphatic rings. The van der Waals surface area contributed by atoms with Crippen molar-refractivity contribution in [1.82, 2.24) is 20.0 Å². The van der Waals surface area contributed by atoms with Gasteiger partial charge >= 0.3 is 6.03 Å². The summed E-state index contributed by atoms with van der Waals surface area (Å²) in [6, 6.07) is 2.32.